The van der Waals surface area contributed by atoms with Crippen LogP contribution in [0.1, 0.15) is 26.5 Å². The molecule has 3 aromatic heterocycles. The molecule has 1 aliphatic heterocycles. The molecule has 0 spiro atoms. The number of nitrogens with zero attached hydrogens (tertiary/aromatic N) is 4. The van der Waals surface area contributed by atoms with E-state index in [1.54, 1.807) is 0 Å². The van der Waals surface area contributed by atoms with Gasteiger partial charge in [-0.3, -0.25) is 4.98 Å². The van der Waals surface area contributed by atoms with E-state index in [1.807, 2.05) is 18.3 Å². The van der Waals surface area contributed by atoms with Crippen LogP contribution in [0.15, 0.2) is 42.6 Å². The van der Waals surface area contributed by atoms with Gasteiger partial charge in [-0.25, -0.2) is 9.97 Å². The Labute approximate surface area is 154 Å². The van der Waals surface area contributed by atoms with Crippen LogP contribution in [-0.4, -0.2) is 40.2 Å². The Morgan fingerprint density at radius 3 is 2.58 bits per heavy atom. The minimum Gasteiger partial charge on any atom is -0.372 e. The summed E-state index contributed by atoms with van der Waals surface area (Å²) in [5.74, 6) is 0.982. The maximum atomic E-state index is 5.84. The molecule has 1 saturated heterocycles. The summed E-state index contributed by atoms with van der Waals surface area (Å²) in [4.78, 5) is 16.4. The van der Waals surface area contributed by atoms with Crippen molar-refractivity contribution in [2.24, 2.45) is 0 Å². The molecule has 1 aliphatic rings. The summed E-state index contributed by atoms with van der Waals surface area (Å²) in [6, 6.07) is 12.3. The summed E-state index contributed by atoms with van der Waals surface area (Å²) in [6.45, 7) is 8.04. The molecule has 0 amide bonds. The van der Waals surface area contributed by atoms with Gasteiger partial charge in [0.25, 0.3) is 0 Å². The molecule has 0 unspecified atom stereocenters. The van der Waals surface area contributed by atoms with Crippen molar-refractivity contribution in [2.45, 2.75) is 39.4 Å². The van der Waals surface area contributed by atoms with Crippen molar-refractivity contribution in [1.29, 1.82) is 0 Å². The van der Waals surface area contributed by atoms with Crippen molar-refractivity contribution in [1.82, 2.24) is 15.0 Å². The fourth-order valence-electron chi connectivity index (χ4n) is 3.50. The molecular formula is C21H24N4O. The Morgan fingerprint density at radius 1 is 1.04 bits per heavy atom. The largest absolute Gasteiger partial charge is 0.372 e. The van der Waals surface area contributed by atoms with Crippen LogP contribution in [0.4, 0.5) is 5.82 Å². The molecule has 5 heteroatoms. The lowest BCUT2D eigenvalue weighted by atomic mass is 10.1. The molecule has 2 atom stereocenters. The molecule has 4 heterocycles. The zero-order valence-electron chi connectivity index (χ0n) is 15.5. The van der Waals surface area contributed by atoms with E-state index in [9.17, 15) is 0 Å². The lowest BCUT2D eigenvalue weighted by molar-refractivity contribution is -0.00545. The van der Waals surface area contributed by atoms with E-state index in [2.05, 4.69) is 54.9 Å². The highest BCUT2D eigenvalue weighted by Gasteiger charge is 2.23. The maximum Gasteiger partial charge on any atom is 0.129 e. The zero-order valence-corrected chi connectivity index (χ0v) is 15.5. The number of rotatable bonds is 3. The van der Waals surface area contributed by atoms with Gasteiger partial charge in [-0.2, -0.15) is 0 Å². The predicted octanol–water partition coefficient (Wildman–Crippen LogP) is 3.87. The van der Waals surface area contributed by atoms with Crippen LogP contribution in [0.3, 0.4) is 0 Å². The molecule has 0 aliphatic carbocycles. The van der Waals surface area contributed by atoms with Crippen molar-refractivity contribution in [3.05, 3.63) is 48.3 Å². The number of ether oxygens (including phenoxy) is 1. The van der Waals surface area contributed by atoms with Gasteiger partial charge in [-0.1, -0.05) is 13.0 Å². The maximum absolute atomic E-state index is 5.84. The van der Waals surface area contributed by atoms with Crippen LogP contribution in [0.2, 0.25) is 0 Å². The number of morpholine rings is 1. The van der Waals surface area contributed by atoms with Crippen LogP contribution in [0.5, 0.6) is 0 Å². The van der Waals surface area contributed by atoms with E-state index in [0.717, 1.165) is 53.3 Å². The van der Waals surface area contributed by atoms with Crippen LogP contribution < -0.4 is 4.90 Å². The summed E-state index contributed by atoms with van der Waals surface area (Å²) >= 11 is 0. The van der Waals surface area contributed by atoms with Gasteiger partial charge in [0.05, 0.1) is 29.1 Å². The van der Waals surface area contributed by atoms with Crippen molar-refractivity contribution >= 4 is 16.7 Å². The molecule has 4 rings (SSSR count). The van der Waals surface area contributed by atoms with Gasteiger partial charge >= 0.3 is 0 Å². The van der Waals surface area contributed by atoms with Gasteiger partial charge in [0, 0.05) is 30.4 Å². The normalized spacial score (nSPS) is 20.5. The zero-order chi connectivity index (χ0) is 18.1. The summed E-state index contributed by atoms with van der Waals surface area (Å²) in [7, 11) is 0. The van der Waals surface area contributed by atoms with E-state index in [0.29, 0.717) is 0 Å². The van der Waals surface area contributed by atoms with Crippen molar-refractivity contribution in [2.75, 3.05) is 18.0 Å². The fraction of sp³-hybridized carbons (Fsp3) is 0.381. The molecule has 0 N–H and O–H groups in total. The number of pyridine rings is 3. The Kier molecular flexibility index (Phi) is 4.55. The Balaban J connectivity index is 1.68. The van der Waals surface area contributed by atoms with E-state index >= 15 is 0 Å². The molecule has 0 aromatic carbocycles. The molecule has 0 radical (unpaired) electrons. The first-order valence-corrected chi connectivity index (χ1v) is 9.26. The van der Waals surface area contributed by atoms with E-state index in [-0.39, 0.29) is 12.2 Å². The van der Waals surface area contributed by atoms with Gasteiger partial charge in [0.2, 0.25) is 0 Å². The third kappa shape index (κ3) is 3.40. The van der Waals surface area contributed by atoms with Crippen LogP contribution >= 0.6 is 0 Å². The third-order valence-electron chi connectivity index (χ3n) is 4.73. The standard InChI is InChI=1S/C21H24N4O/c1-4-17-10-20-16(11-22-17)8-9-19(23-20)18-6-5-7-21(24-18)25-12-14(2)26-15(3)13-25/h5-11,14-15H,4,12-13H2,1-3H3/t14-,15+. The number of anilines is 1. The SMILES string of the molecule is CCc1cc2nc(-c3cccc(N4C[C@@H](C)O[C@@H](C)C4)n3)ccc2cn1. The molecular weight excluding hydrogens is 324 g/mol. The summed E-state index contributed by atoms with van der Waals surface area (Å²) in [5.41, 5.74) is 3.81. The van der Waals surface area contributed by atoms with Crippen LogP contribution in [0.25, 0.3) is 22.3 Å². The van der Waals surface area contributed by atoms with Gasteiger partial charge in [0.15, 0.2) is 0 Å². The molecule has 134 valence electrons. The van der Waals surface area contributed by atoms with Crippen molar-refractivity contribution < 1.29 is 4.74 Å². The second kappa shape index (κ2) is 7.00. The first-order valence-electron chi connectivity index (χ1n) is 9.26. The first kappa shape index (κ1) is 16.9. The fourth-order valence-corrected chi connectivity index (χ4v) is 3.50. The van der Waals surface area contributed by atoms with Crippen LogP contribution in [0, 0.1) is 0 Å². The van der Waals surface area contributed by atoms with E-state index in [1.165, 1.54) is 0 Å². The number of aromatic nitrogens is 3. The summed E-state index contributed by atoms with van der Waals surface area (Å²) in [6.07, 6.45) is 3.22. The van der Waals surface area contributed by atoms with Crippen LogP contribution in [-0.2, 0) is 11.2 Å². The van der Waals surface area contributed by atoms with E-state index in [4.69, 9.17) is 14.7 Å². The quantitative estimate of drug-likeness (QED) is 0.719. The van der Waals surface area contributed by atoms with Crippen molar-refractivity contribution in [3.8, 4) is 11.4 Å². The minimum atomic E-state index is 0.211. The number of fused-ring (bicyclic) bond motifs is 1. The van der Waals surface area contributed by atoms with Crippen molar-refractivity contribution in [3.63, 3.8) is 0 Å². The average Bonchev–Trinajstić information content (AvgIpc) is 2.66. The Morgan fingerprint density at radius 2 is 1.81 bits per heavy atom. The highest BCUT2D eigenvalue weighted by atomic mass is 16.5. The highest BCUT2D eigenvalue weighted by Crippen LogP contribution is 2.24. The second-order valence-electron chi connectivity index (χ2n) is 6.96. The molecule has 5 nitrogen and oxygen atoms in total. The lowest BCUT2D eigenvalue weighted by Gasteiger charge is -2.36. The predicted molar refractivity (Wildman–Crippen MR) is 104 cm³/mol. The number of aryl methyl sites for hydroxylation is 1. The van der Waals surface area contributed by atoms with Gasteiger partial charge in [-0.05, 0) is 50.6 Å². The first-order chi connectivity index (χ1) is 12.6. The molecule has 3 aromatic rings. The smallest absolute Gasteiger partial charge is 0.129 e. The molecule has 1 fully saturated rings. The minimum absolute atomic E-state index is 0.211. The average molecular weight is 348 g/mol. The monoisotopic (exact) mass is 348 g/mol. The topological polar surface area (TPSA) is 51.1 Å². The summed E-state index contributed by atoms with van der Waals surface area (Å²) in [5, 5.41) is 1.05. The number of hydrogen-bond donors (Lipinski definition) is 0. The summed E-state index contributed by atoms with van der Waals surface area (Å²) < 4.78 is 5.84. The van der Waals surface area contributed by atoms with E-state index < -0.39 is 0 Å². The Bertz CT molecular complexity index is 917. The van der Waals surface area contributed by atoms with Gasteiger partial charge in [-0.15, -0.1) is 0 Å². The molecule has 0 bridgehead atoms. The molecule has 0 saturated carbocycles. The third-order valence-corrected chi connectivity index (χ3v) is 4.73. The highest BCUT2D eigenvalue weighted by molar-refractivity contribution is 5.80. The second-order valence-corrected chi connectivity index (χ2v) is 6.96. The van der Waals surface area contributed by atoms with Gasteiger partial charge in [0.1, 0.15) is 5.82 Å². The Hall–Kier alpha value is -2.53. The lowest BCUT2D eigenvalue weighted by Crippen LogP contribution is -2.45. The van der Waals surface area contributed by atoms with Gasteiger partial charge < -0.3 is 9.64 Å². The molecule has 26 heavy (non-hydrogen) atoms. The number of hydrogen-bond acceptors (Lipinski definition) is 5.